The second kappa shape index (κ2) is 7.07. The number of hydrogen-bond acceptors (Lipinski definition) is 2. The van der Waals surface area contributed by atoms with Crippen LogP contribution in [-0.2, 0) is 9.53 Å². The Morgan fingerprint density at radius 1 is 1.00 bits per heavy atom. The molecular weight excluding hydrogens is 356 g/mol. The molecule has 164 valence electrons. The molecule has 0 radical (unpaired) electrons. The van der Waals surface area contributed by atoms with E-state index < -0.39 is 0 Å². The van der Waals surface area contributed by atoms with E-state index in [2.05, 4.69) is 34.6 Å². The van der Waals surface area contributed by atoms with Crippen molar-refractivity contribution in [3.8, 4) is 0 Å². The molecule has 1 heterocycles. The highest BCUT2D eigenvalue weighted by molar-refractivity contribution is 5.87. The molecule has 0 bridgehead atoms. The lowest BCUT2D eigenvalue weighted by Gasteiger charge is -2.59. The highest BCUT2D eigenvalue weighted by Crippen LogP contribution is 2.70. The van der Waals surface area contributed by atoms with E-state index in [4.69, 9.17) is 4.74 Å². The van der Waals surface area contributed by atoms with Gasteiger partial charge in [0.25, 0.3) is 0 Å². The van der Waals surface area contributed by atoms with Gasteiger partial charge in [0, 0.05) is 11.8 Å². The summed E-state index contributed by atoms with van der Waals surface area (Å²) in [4.78, 5) is 12.3. The summed E-state index contributed by atoms with van der Waals surface area (Å²) in [6.45, 7) is 12.5. The van der Waals surface area contributed by atoms with Crippen LogP contribution in [0.3, 0.4) is 0 Å². The van der Waals surface area contributed by atoms with E-state index >= 15 is 0 Å². The molecule has 0 spiro atoms. The summed E-state index contributed by atoms with van der Waals surface area (Å²) >= 11 is 0. The average molecular weight is 401 g/mol. The van der Waals surface area contributed by atoms with Gasteiger partial charge in [-0.3, -0.25) is 4.79 Å². The molecule has 0 amide bonds. The van der Waals surface area contributed by atoms with Gasteiger partial charge in [-0.2, -0.15) is 0 Å². The molecule has 0 aromatic carbocycles. The Balaban J connectivity index is 1.32. The fourth-order valence-electron chi connectivity index (χ4n) is 9.45. The van der Waals surface area contributed by atoms with E-state index in [9.17, 15) is 4.79 Å². The van der Waals surface area contributed by atoms with Crippen molar-refractivity contribution in [2.75, 3.05) is 0 Å². The molecular formula is C27H44O2. The van der Waals surface area contributed by atoms with Crippen molar-refractivity contribution in [3.63, 3.8) is 0 Å². The van der Waals surface area contributed by atoms with Crippen molar-refractivity contribution in [2.45, 2.75) is 111 Å². The van der Waals surface area contributed by atoms with Crippen LogP contribution in [0, 0.1) is 52.3 Å². The highest BCUT2D eigenvalue weighted by atomic mass is 16.6. The summed E-state index contributed by atoms with van der Waals surface area (Å²) in [7, 11) is 0. The summed E-state index contributed by atoms with van der Waals surface area (Å²) in [5.41, 5.74) is 0.847. The fraction of sp³-hybridized carbons (Fsp3) is 0.963. The van der Waals surface area contributed by atoms with Crippen LogP contribution in [-0.4, -0.2) is 18.0 Å². The van der Waals surface area contributed by atoms with Gasteiger partial charge in [-0.1, -0.05) is 53.9 Å². The Labute approximate surface area is 178 Å². The zero-order valence-electron chi connectivity index (χ0n) is 19.6. The van der Waals surface area contributed by atoms with Gasteiger partial charge in [0.2, 0.25) is 0 Å². The van der Waals surface area contributed by atoms with Crippen molar-refractivity contribution in [3.05, 3.63) is 0 Å². The van der Waals surface area contributed by atoms with Crippen LogP contribution in [0.5, 0.6) is 0 Å². The maximum Gasteiger partial charge on any atom is 0.164 e. The number of hydrogen-bond donors (Lipinski definition) is 0. The van der Waals surface area contributed by atoms with Crippen molar-refractivity contribution in [1.29, 1.82) is 0 Å². The summed E-state index contributed by atoms with van der Waals surface area (Å²) in [5, 5.41) is 0. The van der Waals surface area contributed by atoms with E-state index in [0.29, 0.717) is 17.1 Å². The molecule has 0 unspecified atom stereocenters. The highest BCUT2D eigenvalue weighted by Gasteiger charge is 2.69. The second-order valence-electron chi connectivity index (χ2n) is 12.7. The number of ether oxygens (including phenoxy) is 1. The number of Topliss-reactive ketones (excluding diaryl/α,β-unsaturated/α-hetero) is 1. The topological polar surface area (TPSA) is 29.6 Å². The fourth-order valence-corrected chi connectivity index (χ4v) is 9.45. The quantitative estimate of drug-likeness (QED) is 0.483. The van der Waals surface area contributed by atoms with Crippen molar-refractivity contribution in [2.24, 2.45) is 52.3 Å². The predicted octanol–water partition coefficient (Wildman–Crippen LogP) is 6.66. The first-order chi connectivity index (χ1) is 13.8. The van der Waals surface area contributed by atoms with Crippen molar-refractivity contribution >= 4 is 5.78 Å². The second-order valence-corrected chi connectivity index (χ2v) is 12.7. The predicted molar refractivity (Wildman–Crippen MR) is 118 cm³/mol. The smallest absolute Gasteiger partial charge is 0.164 e. The molecule has 2 nitrogen and oxygen atoms in total. The number of rotatable bonds is 5. The maximum absolute atomic E-state index is 12.3. The molecule has 5 aliphatic rings. The van der Waals surface area contributed by atoms with Crippen LogP contribution >= 0.6 is 0 Å². The molecule has 5 fully saturated rings. The molecule has 5 rings (SSSR count). The van der Waals surface area contributed by atoms with Crippen LogP contribution in [0.2, 0.25) is 0 Å². The molecule has 4 aliphatic carbocycles. The minimum absolute atomic E-state index is 0.0272. The van der Waals surface area contributed by atoms with E-state index in [1.807, 2.05) is 0 Å². The maximum atomic E-state index is 12.3. The van der Waals surface area contributed by atoms with Gasteiger partial charge in [0.1, 0.15) is 6.10 Å². The largest absolute Gasteiger partial charge is 0.361 e. The molecule has 0 aromatic heterocycles. The van der Waals surface area contributed by atoms with Gasteiger partial charge in [0.15, 0.2) is 5.78 Å². The first-order valence-corrected chi connectivity index (χ1v) is 12.9. The van der Waals surface area contributed by atoms with Crippen LogP contribution in [0.25, 0.3) is 0 Å². The molecule has 1 saturated heterocycles. The zero-order valence-corrected chi connectivity index (χ0v) is 19.6. The molecule has 4 saturated carbocycles. The van der Waals surface area contributed by atoms with Gasteiger partial charge in [-0.15, -0.1) is 0 Å². The summed E-state index contributed by atoms with van der Waals surface area (Å²) in [6.07, 6.45) is 13.7. The van der Waals surface area contributed by atoms with Gasteiger partial charge in [-0.05, 0) is 85.4 Å². The lowest BCUT2D eigenvalue weighted by molar-refractivity contribution is -0.135. The summed E-state index contributed by atoms with van der Waals surface area (Å²) < 4.78 is 6.02. The van der Waals surface area contributed by atoms with Crippen LogP contribution < -0.4 is 0 Å². The van der Waals surface area contributed by atoms with Gasteiger partial charge >= 0.3 is 0 Å². The lowest BCUT2D eigenvalue weighted by Crippen LogP contribution is -2.56. The van der Waals surface area contributed by atoms with E-state index in [1.165, 1.54) is 57.8 Å². The molecule has 0 N–H and O–H groups in total. The zero-order chi connectivity index (χ0) is 20.6. The minimum atomic E-state index is -0.0272. The Morgan fingerprint density at radius 3 is 2.55 bits per heavy atom. The number of carbonyl (C=O) groups excluding carboxylic acids is 1. The van der Waals surface area contributed by atoms with Gasteiger partial charge in [0.05, 0.1) is 6.10 Å². The minimum Gasteiger partial charge on any atom is -0.361 e. The van der Waals surface area contributed by atoms with Crippen molar-refractivity contribution < 1.29 is 9.53 Å². The molecule has 29 heavy (non-hydrogen) atoms. The summed E-state index contributed by atoms with van der Waals surface area (Å²) in [6, 6.07) is 0. The third kappa shape index (κ3) is 3.01. The Kier molecular flexibility index (Phi) is 5.01. The third-order valence-corrected chi connectivity index (χ3v) is 11.0. The standard InChI is InChI=1S/C27H44O2/c1-16(2)7-6-8-17(3)20-11-12-21-19-10-9-18-15-23(28)24-25(29-24)27(18,5)22(19)13-14-26(20,21)4/h16-22,24-25H,6-15H2,1-5H3/t17-,18+,19+,20-,21+,22+,24+,25+,26-,27+/m1/s1. The molecule has 0 aromatic rings. The van der Waals surface area contributed by atoms with Gasteiger partial charge < -0.3 is 4.74 Å². The number of epoxide rings is 1. The lowest BCUT2D eigenvalue weighted by atomic mass is 9.44. The molecule has 10 atom stereocenters. The number of carbonyl (C=O) groups is 1. The Hall–Kier alpha value is -0.370. The SMILES string of the molecule is CC(C)CCC[C@@H](C)[C@H]1CC[C@H]2[C@@H]3CC[C@H]4CC(=O)[C@@H]5O[C@@H]5[C@]4(C)[C@H]3CC[C@]12C. The normalized spacial score (nSPS) is 51.8. The monoisotopic (exact) mass is 400 g/mol. The first-order valence-electron chi connectivity index (χ1n) is 12.9. The van der Waals surface area contributed by atoms with E-state index in [1.54, 1.807) is 0 Å². The third-order valence-electron chi connectivity index (χ3n) is 11.0. The molecule has 1 aliphatic heterocycles. The number of ketones is 1. The summed E-state index contributed by atoms with van der Waals surface area (Å²) in [5.74, 6) is 6.28. The Morgan fingerprint density at radius 2 is 1.79 bits per heavy atom. The van der Waals surface area contributed by atoms with Crippen LogP contribution in [0.1, 0.15) is 98.8 Å². The van der Waals surface area contributed by atoms with Crippen LogP contribution in [0.4, 0.5) is 0 Å². The van der Waals surface area contributed by atoms with Crippen molar-refractivity contribution in [1.82, 2.24) is 0 Å². The average Bonchev–Trinajstić information content (AvgIpc) is 3.40. The van der Waals surface area contributed by atoms with Gasteiger partial charge in [-0.25, -0.2) is 0 Å². The Bertz CT molecular complexity index is 655. The van der Waals surface area contributed by atoms with E-state index in [-0.39, 0.29) is 17.6 Å². The first kappa shape index (κ1) is 20.5. The molecule has 2 heteroatoms. The van der Waals surface area contributed by atoms with E-state index in [0.717, 1.165) is 41.9 Å². The number of fused-ring (bicyclic) bond motifs is 7. The van der Waals surface area contributed by atoms with Crippen LogP contribution in [0.15, 0.2) is 0 Å².